The minimum atomic E-state index is -4.72. The van der Waals surface area contributed by atoms with Gasteiger partial charge in [0.1, 0.15) is 0 Å². The lowest BCUT2D eigenvalue weighted by atomic mass is 9.67. The topological polar surface area (TPSA) is 60.8 Å². The van der Waals surface area contributed by atoms with Crippen LogP contribution < -0.4 is 4.90 Å². The second kappa shape index (κ2) is 7.09. The summed E-state index contributed by atoms with van der Waals surface area (Å²) >= 11 is 0. The molecule has 1 aromatic carbocycles. The van der Waals surface area contributed by atoms with Crippen LogP contribution in [0.5, 0.6) is 0 Å². The van der Waals surface area contributed by atoms with E-state index in [1.165, 1.54) is 24.3 Å². The van der Waals surface area contributed by atoms with Gasteiger partial charge in [-0.25, -0.2) is 0 Å². The smallest absolute Gasteiger partial charge is 0.390 e. The van der Waals surface area contributed by atoms with E-state index in [0.29, 0.717) is 44.3 Å². The van der Waals surface area contributed by atoms with Crippen molar-refractivity contribution in [3.05, 3.63) is 29.8 Å². The van der Waals surface area contributed by atoms with Crippen molar-refractivity contribution in [2.75, 3.05) is 11.4 Å². The van der Waals surface area contributed by atoms with E-state index in [0.717, 1.165) is 12.8 Å². The second-order valence-electron chi connectivity index (χ2n) is 8.00. The Bertz CT molecular complexity index is 679. The molecule has 1 heterocycles. The molecule has 1 aliphatic heterocycles. The molecular weight excluding hydrogens is 359 g/mol. The van der Waals surface area contributed by atoms with Crippen molar-refractivity contribution in [2.45, 2.75) is 69.8 Å². The van der Waals surface area contributed by atoms with Gasteiger partial charge in [-0.05, 0) is 56.2 Å². The summed E-state index contributed by atoms with van der Waals surface area (Å²) in [7, 11) is 0. The minimum Gasteiger partial charge on any atom is -0.390 e. The summed E-state index contributed by atoms with van der Waals surface area (Å²) < 4.78 is 37.9. The van der Waals surface area contributed by atoms with Crippen LogP contribution in [-0.4, -0.2) is 34.4 Å². The van der Waals surface area contributed by atoms with E-state index >= 15 is 0 Å². The Kier molecular flexibility index (Phi) is 5.29. The molecule has 1 aliphatic carbocycles. The Hall–Kier alpha value is -1.60. The molecular formula is C20H26F3NO3. The van der Waals surface area contributed by atoms with Crippen LogP contribution >= 0.6 is 0 Å². The van der Waals surface area contributed by atoms with Crippen molar-refractivity contribution in [3.8, 4) is 0 Å². The van der Waals surface area contributed by atoms with Gasteiger partial charge in [0.25, 0.3) is 0 Å². The summed E-state index contributed by atoms with van der Waals surface area (Å²) in [6.07, 6.45) is -2.40. The van der Waals surface area contributed by atoms with Crippen molar-refractivity contribution >= 4 is 11.6 Å². The van der Waals surface area contributed by atoms with Gasteiger partial charge in [-0.15, -0.1) is 0 Å². The van der Waals surface area contributed by atoms with Gasteiger partial charge >= 0.3 is 6.18 Å². The number of nitrogens with zero attached hydrogens (tertiary/aromatic N) is 1. The van der Waals surface area contributed by atoms with Gasteiger partial charge in [0.15, 0.2) is 6.10 Å². The lowest BCUT2D eigenvalue weighted by Crippen LogP contribution is -2.43. The van der Waals surface area contributed by atoms with E-state index in [-0.39, 0.29) is 11.5 Å². The summed E-state index contributed by atoms with van der Waals surface area (Å²) in [5.41, 5.74) is -0.841. The first kappa shape index (κ1) is 20.1. The number of aliphatic hydroxyl groups is 2. The minimum absolute atomic E-state index is 0.00910. The van der Waals surface area contributed by atoms with Gasteiger partial charge < -0.3 is 15.1 Å². The highest BCUT2D eigenvalue weighted by Gasteiger charge is 2.51. The standard InChI is InChI=1S/C20H26F3NO3/c1-2-7-19(27)10-8-18(9-11-19)12-13-24(17(18)26)15-5-3-14(4-6-15)16(25)20(21,22)23/h3-6,16,25,27H,2,7-13H2,1H3/t16?,18-,19+. The Morgan fingerprint density at radius 1 is 1.11 bits per heavy atom. The Labute approximate surface area is 157 Å². The molecule has 27 heavy (non-hydrogen) atoms. The summed E-state index contributed by atoms with van der Waals surface area (Å²) in [5, 5.41) is 19.9. The van der Waals surface area contributed by atoms with Gasteiger partial charge in [0.2, 0.25) is 5.91 Å². The summed E-state index contributed by atoms with van der Waals surface area (Å²) in [5.74, 6) is -0.00910. The van der Waals surface area contributed by atoms with Gasteiger partial charge in [-0.1, -0.05) is 25.5 Å². The number of rotatable bonds is 4. The average Bonchev–Trinajstić information content (AvgIpc) is 2.94. The van der Waals surface area contributed by atoms with E-state index in [9.17, 15) is 28.2 Å². The molecule has 150 valence electrons. The van der Waals surface area contributed by atoms with Crippen molar-refractivity contribution < 1.29 is 28.2 Å². The number of alkyl halides is 3. The first-order valence-corrected chi connectivity index (χ1v) is 9.49. The number of carbonyl (C=O) groups excluding carboxylic acids is 1. The fraction of sp³-hybridized carbons (Fsp3) is 0.650. The molecule has 7 heteroatoms. The number of amides is 1. The molecule has 1 aromatic rings. The van der Waals surface area contributed by atoms with E-state index in [1.807, 2.05) is 6.92 Å². The number of aliphatic hydroxyl groups excluding tert-OH is 1. The highest BCUT2D eigenvalue weighted by molar-refractivity contribution is 6.00. The lowest BCUT2D eigenvalue weighted by molar-refractivity contribution is -0.206. The molecule has 1 saturated heterocycles. The van der Waals surface area contributed by atoms with Crippen LogP contribution in [0.2, 0.25) is 0 Å². The zero-order chi connectivity index (χ0) is 19.9. The number of anilines is 1. The third kappa shape index (κ3) is 3.85. The molecule has 2 N–H and O–H groups in total. The number of hydrogen-bond acceptors (Lipinski definition) is 3. The zero-order valence-electron chi connectivity index (χ0n) is 15.4. The second-order valence-corrected chi connectivity index (χ2v) is 8.00. The molecule has 1 amide bonds. The number of benzene rings is 1. The van der Waals surface area contributed by atoms with Crippen LogP contribution in [0.1, 0.15) is 63.5 Å². The molecule has 0 radical (unpaired) electrons. The molecule has 2 fully saturated rings. The van der Waals surface area contributed by atoms with E-state index < -0.39 is 23.3 Å². The molecule has 1 unspecified atom stereocenters. The SMILES string of the molecule is CCC[C@]1(O)CC[C@]2(CCN(c3ccc(C(O)C(F)(F)F)cc3)C2=O)CC1. The molecule has 4 nitrogen and oxygen atoms in total. The fourth-order valence-electron chi connectivity index (χ4n) is 4.47. The highest BCUT2D eigenvalue weighted by atomic mass is 19.4. The third-order valence-corrected chi connectivity index (χ3v) is 6.20. The van der Waals surface area contributed by atoms with Crippen molar-refractivity contribution in [1.82, 2.24) is 0 Å². The monoisotopic (exact) mass is 385 g/mol. The first-order valence-electron chi connectivity index (χ1n) is 9.49. The lowest BCUT2D eigenvalue weighted by Gasteiger charge is -2.41. The predicted molar refractivity (Wildman–Crippen MR) is 95.2 cm³/mol. The maximum atomic E-state index is 13.0. The largest absolute Gasteiger partial charge is 0.418 e. The number of hydrogen-bond donors (Lipinski definition) is 2. The van der Waals surface area contributed by atoms with Crippen LogP contribution in [0.3, 0.4) is 0 Å². The van der Waals surface area contributed by atoms with Crippen molar-refractivity contribution in [1.29, 1.82) is 0 Å². The molecule has 2 aliphatic rings. The van der Waals surface area contributed by atoms with E-state index in [1.54, 1.807) is 4.90 Å². The van der Waals surface area contributed by atoms with Gasteiger partial charge in [0, 0.05) is 12.2 Å². The molecule has 3 rings (SSSR count). The molecule has 1 atom stereocenters. The summed E-state index contributed by atoms with van der Waals surface area (Å²) in [6.45, 7) is 2.55. The predicted octanol–water partition coefficient (Wildman–Crippen LogP) is 4.11. The normalized spacial score (nSPS) is 30.1. The zero-order valence-corrected chi connectivity index (χ0v) is 15.4. The molecule has 1 spiro atoms. The van der Waals surface area contributed by atoms with E-state index in [4.69, 9.17) is 0 Å². The average molecular weight is 385 g/mol. The van der Waals surface area contributed by atoms with Crippen LogP contribution in [0, 0.1) is 5.41 Å². The number of halogens is 3. The van der Waals surface area contributed by atoms with Gasteiger partial charge in [-0.2, -0.15) is 13.2 Å². The Balaban J connectivity index is 1.71. The van der Waals surface area contributed by atoms with Crippen molar-refractivity contribution in [3.63, 3.8) is 0 Å². The third-order valence-electron chi connectivity index (χ3n) is 6.20. The van der Waals surface area contributed by atoms with Gasteiger partial charge in [0.05, 0.1) is 11.0 Å². The first-order chi connectivity index (χ1) is 12.6. The maximum absolute atomic E-state index is 13.0. The Morgan fingerprint density at radius 3 is 2.22 bits per heavy atom. The molecule has 1 saturated carbocycles. The molecule has 0 bridgehead atoms. The van der Waals surface area contributed by atoms with Crippen LogP contribution in [0.25, 0.3) is 0 Å². The van der Waals surface area contributed by atoms with Gasteiger partial charge in [-0.3, -0.25) is 4.79 Å². The maximum Gasteiger partial charge on any atom is 0.418 e. The molecule has 0 aromatic heterocycles. The Morgan fingerprint density at radius 2 is 1.70 bits per heavy atom. The summed E-state index contributed by atoms with van der Waals surface area (Å²) in [4.78, 5) is 14.7. The van der Waals surface area contributed by atoms with Crippen LogP contribution in [-0.2, 0) is 4.79 Å². The summed E-state index contributed by atoms with van der Waals surface area (Å²) in [6, 6.07) is 5.34. The number of carbonyl (C=O) groups is 1. The van der Waals surface area contributed by atoms with Crippen LogP contribution in [0.15, 0.2) is 24.3 Å². The van der Waals surface area contributed by atoms with E-state index in [2.05, 4.69) is 0 Å². The van der Waals surface area contributed by atoms with Crippen LogP contribution in [0.4, 0.5) is 18.9 Å². The van der Waals surface area contributed by atoms with Crippen molar-refractivity contribution in [2.24, 2.45) is 5.41 Å². The fourth-order valence-corrected chi connectivity index (χ4v) is 4.47. The quantitative estimate of drug-likeness (QED) is 0.820. The highest BCUT2D eigenvalue weighted by Crippen LogP contribution is 2.49.